The van der Waals surface area contributed by atoms with Gasteiger partial charge in [-0.3, -0.25) is 18.7 Å². The Labute approximate surface area is 180 Å². The van der Waals surface area contributed by atoms with Gasteiger partial charge in [0.2, 0.25) is 5.91 Å². The van der Waals surface area contributed by atoms with Gasteiger partial charge in [0.25, 0.3) is 5.56 Å². The first kappa shape index (κ1) is 22.6. The Morgan fingerprint density at radius 3 is 2.50 bits per heavy atom. The lowest BCUT2D eigenvalue weighted by Gasteiger charge is -2.35. The SMILES string of the molecule is CCCCc1cnc2c(c1SCC(=O)N1CC(C)OC(C)C1)c(=O)n(C)c(=O)n2C. The molecule has 2 aromatic heterocycles. The van der Waals surface area contributed by atoms with Crippen LogP contribution in [0.2, 0.25) is 0 Å². The molecule has 1 aliphatic heterocycles. The number of carbonyl (C=O) groups is 1. The van der Waals surface area contributed by atoms with Gasteiger partial charge in [-0.2, -0.15) is 0 Å². The predicted molar refractivity (Wildman–Crippen MR) is 118 cm³/mol. The monoisotopic (exact) mass is 434 g/mol. The van der Waals surface area contributed by atoms with Crippen molar-refractivity contribution in [3.05, 3.63) is 32.6 Å². The number of morpholine rings is 1. The highest BCUT2D eigenvalue weighted by Crippen LogP contribution is 2.29. The number of unbranched alkanes of at least 4 members (excludes halogenated alkanes) is 1. The topological polar surface area (TPSA) is 86.4 Å². The fourth-order valence-electron chi connectivity index (χ4n) is 3.86. The van der Waals surface area contributed by atoms with Crippen molar-refractivity contribution in [3.63, 3.8) is 0 Å². The number of pyridine rings is 1. The van der Waals surface area contributed by atoms with Gasteiger partial charge in [-0.1, -0.05) is 13.3 Å². The number of fused-ring (bicyclic) bond motifs is 1. The zero-order valence-corrected chi connectivity index (χ0v) is 19.1. The summed E-state index contributed by atoms with van der Waals surface area (Å²) in [6, 6.07) is 0. The molecule has 1 aliphatic rings. The van der Waals surface area contributed by atoms with Crippen LogP contribution >= 0.6 is 11.8 Å². The van der Waals surface area contributed by atoms with E-state index in [1.165, 1.54) is 23.4 Å². The molecule has 1 fully saturated rings. The normalized spacial score (nSPS) is 19.4. The summed E-state index contributed by atoms with van der Waals surface area (Å²) in [7, 11) is 3.08. The van der Waals surface area contributed by atoms with E-state index in [2.05, 4.69) is 11.9 Å². The molecule has 0 N–H and O–H groups in total. The Morgan fingerprint density at radius 2 is 1.87 bits per heavy atom. The second-order valence-electron chi connectivity index (χ2n) is 7.97. The Hall–Kier alpha value is -2.13. The van der Waals surface area contributed by atoms with Crippen LogP contribution in [-0.4, -0.2) is 56.0 Å². The molecule has 0 aliphatic carbocycles. The van der Waals surface area contributed by atoms with Gasteiger partial charge in [-0.25, -0.2) is 9.78 Å². The Kier molecular flexibility index (Phi) is 7.02. The summed E-state index contributed by atoms with van der Waals surface area (Å²) in [6.07, 6.45) is 4.49. The summed E-state index contributed by atoms with van der Waals surface area (Å²) in [6.45, 7) is 7.17. The number of nitrogens with zero attached hydrogens (tertiary/aromatic N) is 4. The molecule has 8 nitrogen and oxygen atoms in total. The summed E-state index contributed by atoms with van der Waals surface area (Å²) in [5.74, 6) is 0.249. The number of hydrogen-bond acceptors (Lipinski definition) is 6. The molecule has 0 aromatic carbocycles. The Bertz CT molecular complexity index is 1050. The third-order valence-corrected chi connectivity index (χ3v) is 6.55. The van der Waals surface area contributed by atoms with E-state index in [-0.39, 0.29) is 29.4 Å². The second kappa shape index (κ2) is 9.34. The van der Waals surface area contributed by atoms with Gasteiger partial charge in [-0.05, 0) is 32.3 Å². The lowest BCUT2D eigenvalue weighted by atomic mass is 10.1. The summed E-state index contributed by atoms with van der Waals surface area (Å²) in [5.41, 5.74) is 0.515. The molecule has 2 unspecified atom stereocenters. The summed E-state index contributed by atoms with van der Waals surface area (Å²) >= 11 is 1.37. The van der Waals surface area contributed by atoms with E-state index in [1.807, 2.05) is 18.7 Å². The van der Waals surface area contributed by atoms with Gasteiger partial charge in [0.15, 0.2) is 0 Å². The molecular formula is C21H30N4O4S. The highest BCUT2D eigenvalue weighted by molar-refractivity contribution is 8.00. The van der Waals surface area contributed by atoms with Crippen LogP contribution in [0.15, 0.2) is 20.7 Å². The molecular weight excluding hydrogens is 404 g/mol. The average molecular weight is 435 g/mol. The van der Waals surface area contributed by atoms with E-state index >= 15 is 0 Å². The molecule has 0 radical (unpaired) electrons. The zero-order chi connectivity index (χ0) is 22.0. The van der Waals surface area contributed by atoms with Crippen LogP contribution in [0.5, 0.6) is 0 Å². The lowest BCUT2D eigenvalue weighted by Crippen LogP contribution is -2.48. The zero-order valence-electron chi connectivity index (χ0n) is 18.3. The predicted octanol–water partition coefficient (Wildman–Crippen LogP) is 1.70. The van der Waals surface area contributed by atoms with Crippen LogP contribution in [0.4, 0.5) is 0 Å². The van der Waals surface area contributed by atoms with Crippen molar-refractivity contribution in [1.82, 2.24) is 19.0 Å². The first-order chi connectivity index (χ1) is 14.2. The largest absolute Gasteiger partial charge is 0.372 e. The minimum absolute atomic E-state index is 0.00592. The summed E-state index contributed by atoms with van der Waals surface area (Å²) in [4.78, 5) is 45.2. The summed E-state index contributed by atoms with van der Waals surface area (Å²) < 4.78 is 8.21. The number of ether oxygens (including phenoxy) is 1. The Balaban J connectivity index is 1.99. The molecule has 2 aromatic rings. The number of aromatic nitrogens is 3. The minimum atomic E-state index is -0.412. The molecule has 0 spiro atoms. The molecule has 2 atom stereocenters. The number of rotatable bonds is 6. The van der Waals surface area contributed by atoms with E-state index in [0.717, 1.165) is 34.3 Å². The molecule has 9 heteroatoms. The van der Waals surface area contributed by atoms with Gasteiger partial charge >= 0.3 is 5.69 Å². The van der Waals surface area contributed by atoms with Gasteiger partial charge in [-0.15, -0.1) is 11.8 Å². The maximum absolute atomic E-state index is 13.0. The standard InChI is InChI=1S/C21H30N4O4S/c1-6-7-8-15-9-22-19-17(20(27)24(5)21(28)23(19)4)18(15)30-12-16(26)25-10-13(2)29-14(3)11-25/h9,13-14H,6-8,10-12H2,1-5H3. The average Bonchev–Trinajstić information content (AvgIpc) is 2.72. The van der Waals surface area contributed by atoms with Crippen molar-refractivity contribution in [1.29, 1.82) is 0 Å². The van der Waals surface area contributed by atoms with Gasteiger partial charge in [0.1, 0.15) is 5.65 Å². The lowest BCUT2D eigenvalue weighted by molar-refractivity contribution is -0.140. The van der Waals surface area contributed by atoms with E-state index in [9.17, 15) is 14.4 Å². The Morgan fingerprint density at radius 1 is 1.20 bits per heavy atom. The van der Waals surface area contributed by atoms with Crippen LogP contribution in [0, 0.1) is 0 Å². The van der Waals surface area contributed by atoms with Crippen molar-refractivity contribution < 1.29 is 9.53 Å². The van der Waals surface area contributed by atoms with Gasteiger partial charge in [0.05, 0.1) is 23.3 Å². The molecule has 164 valence electrons. The van der Waals surface area contributed by atoms with Crippen LogP contribution in [0.3, 0.4) is 0 Å². The third kappa shape index (κ3) is 4.46. The third-order valence-electron chi connectivity index (χ3n) is 5.41. The second-order valence-corrected chi connectivity index (χ2v) is 8.95. The number of amides is 1. The fraction of sp³-hybridized carbons (Fsp3) is 0.619. The first-order valence-corrected chi connectivity index (χ1v) is 11.4. The van der Waals surface area contributed by atoms with E-state index < -0.39 is 5.69 Å². The van der Waals surface area contributed by atoms with Crippen LogP contribution in [0.25, 0.3) is 11.0 Å². The van der Waals surface area contributed by atoms with Crippen LogP contribution in [-0.2, 0) is 30.0 Å². The number of hydrogen-bond donors (Lipinski definition) is 0. The summed E-state index contributed by atoms with van der Waals surface area (Å²) in [5, 5.41) is 0.412. The minimum Gasteiger partial charge on any atom is -0.372 e. The van der Waals surface area contributed by atoms with Crippen LogP contribution in [0.1, 0.15) is 39.2 Å². The van der Waals surface area contributed by atoms with E-state index in [4.69, 9.17) is 4.74 Å². The molecule has 0 bridgehead atoms. The molecule has 3 rings (SSSR count). The maximum atomic E-state index is 13.0. The van der Waals surface area contributed by atoms with Crippen molar-refractivity contribution in [3.8, 4) is 0 Å². The smallest absolute Gasteiger partial charge is 0.332 e. The highest BCUT2D eigenvalue weighted by atomic mass is 32.2. The molecule has 1 amide bonds. The number of aryl methyl sites for hydroxylation is 2. The maximum Gasteiger partial charge on any atom is 0.332 e. The first-order valence-electron chi connectivity index (χ1n) is 10.4. The number of carbonyl (C=O) groups excluding carboxylic acids is 1. The van der Waals surface area contributed by atoms with Gasteiger partial charge < -0.3 is 9.64 Å². The molecule has 1 saturated heterocycles. The molecule has 30 heavy (non-hydrogen) atoms. The van der Waals surface area contributed by atoms with E-state index in [0.29, 0.717) is 24.1 Å². The fourth-order valence-corrected chi connectivity index (χ4v) is 4.97. The van der Waals surface area contributed by atoms with E-state index in [1.54, 1.807) is 13.2 Å². The van der Waals surface area contributed by atoms with Crippen LogP contribution < -0.4 is 11.2 Å². The van der Waals surface area contributed by atoms with Crippen molar-refractivity contribution in [2.75, 3.05) is 18.8 Å². The van der Waals surface area contributed by atoms with Crippen molar-refractivity contribution in [2.45, 2.75) is 57.1 Å². The van der Waals surface area contributed by atoms with Crippen molar-refractivity contribution in [2.24, 2.45) is 14.1 Å². The molecule has 3 heterocycles. The molecule has 0 saturated carbocycles. The van der Waals surface area contributed by atoms with Crippen molar-refractivity contribution >= 4 is 28.7 Å². The number of thioether (sulfide) groups is 1. The quantitative estimate of drug-likeness (QED) is 0.644. The van der Waals surface area contributed by atoms with Gasteiger partial charge in [0, 0.05) is 38.3 Å². The highest BCUT2D eigenvalue weighted by Gasteiger charge is 2.26.